The van der Waals surface area contributed by atoms with E-state index in [1.165, 1.54) is 13.0 Å². The lowest BCUT2D eigenvalue weighted by Crippen LogP contribution is -2.17. The molecule has 1 fully saturated rings. The maximum absolute atomic E-state index is 11.7. The second-order valence-electron chi connectivity index (χ2n) is 5.99. The van der Waals surface area contributed by atoms with E-state index < -0.39 is 11.1 Å². The summed E-state index contributed by atoms with van der Waals surface area (Å²) in [6, 6.07) is 8.76. The van der Waals surface area contributed by atoms with E-state index in [2.05, 4.69) is 22.1 Å². The molecule has 0 unspecified atom stereocenters. The summed E-state index contributed by atoms with van der Waals surface area (Å²) in [7, 11) is 0. The average Bonchev–Trinajstić information content (AvgIpc) is 3.22. The van der Waals surface area contributed by atoms with Gasteiger partial charge in [-0.05, 0) is 36.9 Å². The maximum atomic E-state index is 11.7. The first-order valence-corrected chi connectivity index (χ1v) is 9.07. The Morgan fingerprint density at radius 1 is 1.18 bits per heavy atom. The molecule has 0 atom stereocenters. The molecule has 7 heteroatoms. The van der Waals surface area contributed by atoms with Crippen molar-refractivity contribution in [2.45, 2.75) is 6.92 Å². The standard InChI is InChI=1S/C21H12N2O4S/c1-12(24)14-5-2-13(3-6-14)4-7-15-10-22-11-16-8-17(27-19(15)16)9-18-20(25)23-21(26)28-18/h2-3,5-6,8-11H,1H3,(H,23,25,26)/b18-9+. The van der Waals surface area contributed by atoms with Gasteiger partial charge >= 0.3 is 0 Å². The Balaban J connectivity index is 1.67. The van der Waals surface area contributed by atoms with Crippen molar-refractivity contribution >= 4 is 45.7 Å². The number of thioether (sulfide) groups is 1. The number of nitrogens with zero attached hydrogens (tertiary/aromatic N) is 1. The van der Waals surface area contributed by atoms with Crippen LogP contribution in [0.4, 0.5) is 4.79 Å². The van der Waals surface area contributed by atoms with E-state index in [0.717, 1.165) is 22.7 Å². The number of benzene rings is 1. The van der Waals surface area contributed by atoms with E-state index in [9.17, 15) is 14.4 Å². The third kappa shape index (κ3) is 3.59. The van der Waals surface area contributed by atoms with Crippen LogP contribution in [0.15, 0.2) is 52.0 Å². The molecule has 0 saturated carbocycles. The van der Waals surface area contributed by atoms with E-state index in [4.69, 9.17) is 4.42 Å². The smallest absolute Gasteiger partial charge is 0.290 e. The molecule has 3 heterocycles. The molecule has 0 bridgehead atoms. The van der Waals surface area contributed by atoms with Crippen LogP contribution in [-0.2, 0) is 4.79 Å². The van der Waals surface area contributed by atoms with Crippen molar-refractivity contribution in [3.05, 3.63) is 70.1 Å². The highest BCUT2D eigenvalue weighted by molar-refractivity contribution is 8.18. The van der Waals surface area contributed by atoms with Crippen LogP contribution in [0.3, 0.4) is 0 Å². The fourth-order valence-corrected chi connectivity index (χ4v) is 3.28. The number of furan rings is 1. The SMILES string of the molecule is CC(=O)c1ccc(C#Cc2cncc3cc(/C=C4/SC(=O)NC4=O)oc23)cc1. The zero-order valence-electron chi connectivity index (χ0n) is 14.6. The zero-order valence-corrected chi connectivity index (χ0v) is 15.4. The Morgan fingerprint density at radius 2 is 1.96 bits per heavy atom. The number of carbonyl (C=O) groups excluding carboxylic acids is 3. The molecule has 3 aromatic rings. The first-order valence-electron chi connectivity index (χ1n) is 8.25. The molecular formula is C21H12N2O4S. The molecule has 1 aliphatic heterocycles. The number of fused-ring (bicyclic) bond motifs is 1. The van der Waals surface area contributed by atoms with Gasteiger partial charge in [-0.2, -0.15) is 0 Å². The fraction of sp³-hybridized carbons (Fsp3) is 0.0476. The van der Waals surface area contributed by atoms with E-state index in [-0.39, 0.29) is 10.7 Å². The molecule has 2 amide bonds. The molecule has 28 heavy (non-hydrogen) atoms. The fourth-order valence-electron chi connectivity index (χ4n) is 2.62. The Labute approximate surface area is 164 Å². The zero-order chi connectivity index (χ0) is 19.7. The van der Waals surface area contributed by atoms with Crippen LogP contribution in [0.2, 0.25) is 0 Å². The number of amides is 2. The lowest BCUT2D eigenvalue weighted by Gasteiger charge is -1.95. The van der Waals surface area contributed by atoms with Crippen molar-refractivity contribution in [3.63, 3.8) is 0 Å². The van der Waals surface area contributed by atoms with Gasteiger partial charge in [0.25, 0.3) is 11.1 Å². The van der Waals surface area contributed by atoms with Gasteiger partial charge < -0.3 is 4.42 Å². The summed E-state index contributed by atoms with van der Waals surface area (Å²) >= 11 is 0.827. The van der Waals surface area contributed by atoms with E-state index in [1.54, 1.807) is 42.7 Å². The molecule has 0 radical (unpaired) electrons. The Kier molecular flexibility index (Phi) is 4.55. The van der Waals surface area contributed by atoms with Gasteiger partial charge in [0.05, 0.1) is 10.5 Å². The van der Waals surface area contributed by atoms with Gasteiger partial charge in [0.1, 0.15) is 5.76 Å². The van der Waals surface area contributed by atoms with Gasteiger partial charge in [0, 0.05) is 35.0 Å². The number of carbonyl (C=O) groups is 3. The first-order chi connectivity index (χ1) is 13.5. The van der Waals surface area contributed by atoms with Crippen LogP contribution in [-0.4, -0.2) is 21.9 Å². The number of rotatable bonds is 2. The van der Waals surface area contributed by atoms with Crippen LogP contribution in [0, 0.1) is 11.8 Å². The van der Waals surface area contributed by atoms with Crippen molar-refractivity contribution in [2.75, 3.05) is 0 Å². The molecule has 1 N–H and O–H groups in total. The average molecular weight is 388 g/mol. The topological polar surface area (TPSA) is 89.3 Å². The highest BCUT2D eigenvalue weighted by Gasteiger charge is 2.25. The first kappa shape index (κ1) is 17.8. The second kappa shape index (κ2) is 7.18. The number of ketones is 1. The highest BCUT2D eigenvalue weighted by atomic mass is 32.2. The van der Waals surface area contributed by atoms with Crippen LogP contribution >= 0.6 is 11.8 Å². The summed E-state index contributed by atoms with van der Waals surface area (Å²) in [5.41, 5.74) is 2.53. The van der Waals surface area contributed by atoms with Crippen LogP contribution in [0.25, 0.3) is 17.0 Å². The number of hydrogen-bond donors (Lipinski definition) is 1. The van der Waals surface area contributed by atoms with Crippen molar-refractivity contribution in [3.8, 4) is 11.8 Å². The van der Waals surface area contributed by atoms with Crippen molar-refractivity contribution < 1.29 is 18.8 Å². The van der Waals surface area contributed by atoms with Crippen molar-refractivity contribution in [1.29, 1.82) is 0 Å². The van der Waals surface area contributed by atoms with Crippen LogP contribution < -0.4 is 5.32 Å². The van der Waals surface area contributed by atoms with E-state index >= 15 is 0 Å². The summed E-state index contributed by atoms with van der Waals surface area (Å²) in [4.78, 5) is 38.7. The number of pyridine rings is 1. The maximum Gasteiger partial charge on any atom is 0.290 e. The quantitative estimate of drug-likeness (QED) is 0.409. The third-order valence-corrected chi connectivity index (χ3v) is 4.80. The molecule has 2 aromatic heterocycles. The van der Waals surface area contributed by atoms with Gasteiger partial charge in [-0.25, -0.2) is 0 Å². The second-order valence-corrected chi connectivity index (χ2v) is 7.00. The normalized spacial score (nSPS) is 14.8. The van der Waals surface area contributed by atoms with E-state index in [0.29, 0.717) is 22.5 Å². The van der Waals surface area contributed by atoms with Crippen LogP contribution in [0.1, 0.15) is 34.2 Å². The Morgan fingerprint density at radius 3 is 2.64 bits per heavy atom. The summed E-state index contributed by atoms with van der Waals surface area (Å²) < 4.78 is 5.82. The largest absolute Gasteiger partial charge is 0.455 e. The van der Waals surface area contributed by atoms with Crippen molar-refractivity contribution in [2.24, 2.45) is 0 Å². The monoisotopic (exact) mass is 388 g/mol. The number of Topliss-reactive ketones (excluding diaryl/α,β-unsaturated/α-hetero) is 1. The summed E-state index contributed by atoms with van der Waals surface area (Å²) in [6.07, 6.45) is 4.75. The molecular weight excluding hydrogens is 376 g/mol. The van der Waals surface area contributed by atoms with Gasteiger partial charge in [-0.3, -0.25) is 24.7 Å². The van der Waals surface area contributed by atoms with Gasteiger partial charge in [-0.15, -0.1) is 0 Å². The minimum absolute atomic E-state index is 0.00141. The minimum atomic E-state index is -0.442. The number of hydrogen-bond acceptors (Lipinski definition) is 6. The molecule has 136 valence electrons. The Bertz CT molecular complexity index is 1230. The molecule has 4 rings (SSSR count). The lowest BCUT2D eigenvalue weighted by molar-refractivity contribution is -0.115. The summed E-state index contributed by atoms with van der Waals surface area (Å²) in [5, 5.41) is 2.53. The number of aromatic nitrogens is 1. The van der Waals surface area contributed by atoms with Crippen LogP contribution in [0.5, 0.6) is 0 Å². The van der Waals surface area contributed by atoms with Crippen molar-refractivity contribution in [1.82, 2.24) is 10.3 Å². The third-order valence-electron chi connectivity index (χ3n) is 3.99. The molecule has 1 aromatic carbocycles. The molecule has 1 saturated heterocycles. The van der Waals surface area contributed by atoms with Gasteiger partial charge in [0.2, 0.25) is 0 Å². The number of imide groups is 1. The molecule has 0 aliphatic carbocycles. The van der Waals surface area contributed by atoms with E-state index in [1.807, 2.05) is 0 Å². The summed E-state index contributed by atoms with van der Waals surface area (Å²) in [5.74, 6) is 6.04. The molecule has 6 nitrogen and oxygen atoms in total. The predicted octanol–water partition coefficient (Wildman–Crippen LogP) is 3.75. The minimum Gasteiger partial charge on any atom is -0.455 e. The van der Waals surface area contributed by atoms with Gasteiger partial charge in [0.15, 0.2) is 11.4 Å². The molecule has 0 spiro atoms. The summed E-state index contributed by atoms with van der Waals surface area (Å²) in [6.45, 7) is 1.51. The van der Waals surface area contributed by atoms with Gasteiger partial charge in [-0.1, -0.05) is 24.0 Å². The predicted molar refractivity (Wildman–Crippen MR) is 106 cm³/mol. The highest BCUT2D eigenvalue weighted by Crippen LogP contribution is 2.28. The lowest BCUT2D eigenvalue weighted by atomic mass is 10.1. The number of nitrogens with one attached hydrogen (secondary N) is 1. The Hall–Kier alpha value is -3.63. The molecule has 1 aliphatic rings.